The predicted molar refractivity (Wildman–Crippen MR) is 78.8 cm³/mol. The number of hydrogen-bond donors (Lipinski definition) is 3. The summed E-state index contributed by atoms with van der Waals surface area (Å²) in [7, 11) is 0. The lowest BCUT2D eigenvalue weighted by atomic mass is 10.1. The van der Waals surface area contributed by atoms with E-state index >= 15 is 0 Å². The molecule has 1 unspecified atom stereocenters. The van der Waals surface area contributed by atoms with Crippen LogP contribution in [0.25, 0.3) is 0 Å². The molecule has 1 rings (SSSR count). The zero-order valence-corrected chi connectivity index (χ0v) is 12.3. The van der Waals surface area contributed by atoms with E-state index in [4.69, 9.17) is 15.1 Å². The number of carboxylic acids is 1. The van der Waals surface area contributed by atoms with Crippen molar-refractivity contribution in [2.24, 2.45) is 0 Å². The molecule has 0 bridgehead atoms. The summed E-state index contributed by atoms with van der Waals surface area (Å²) >= 11 is 0. The first kappa shape index (κ1) is 19.8. The van der Waals surface area contributed by atoms with Gasteiger partial charge in [-0.25, -0.2) is 14.5 Å². The number of aliphatic hydroxyl groups excluding tert-OH is 1. The van der Waals surface area contributed by atoms with E-state index in [1.165, 1.54) is 24.3 Å². The number of benzene rings is 1. The van der Waals surface area contributed by atoms with Gasteiger partial charge in [-0.05, 0) is 19.1 Å². The SMILES string of the molecule is C=CC.O=C(O)c1ccccc1C(=O)OCC(O)CCOO. The Bertz CT molecular complexity index is 485. The van der Waals surface area contributed by atoms with Crippen LogP contribution in [0.5, 0.6) is 0 Å². The third-order valence-electron chi connectivity index (χ3n) is 2.33. The minimum absolute atomic E-state index is 0.0828. The molecule has 7 nitrogen and oxygen atoms in total. The van der Waals surface area contributed by atoms with Crippen LogP contribution in [0.2, 0.25) is 0 Å². The molecule has 0 aromatic heterocycles. The van der Waals surface area contributed by atoms with Gasteiger partial charge in [-0.1, -0.05) is 18.2 Å². The van der Waals surface area contributed by atoms with Gasteiger partial charge in [0.25, 0.3) is 0 Å². The second-order valence-corrected chi connectivity index (χ2v) is 4.13. The van der Waals surface area contributed by atoms with E-state index in [1.807, 2.05) is 6.92 Å². The lowest BCUT2D eigenvalue weighted by Gasteiger charge is -2.11. The molecule has 122 valence electrons. The molecule has 7 heteroatoms. The van der Waals surface area contributed by atoms with Crippen LogP contribution < -0.4 is 0 Å². The lowest BCUT2D eigenvalue weighted by Crippen LogP contribution is -2.21. The van der Waals surface area contributed by atoms with Gasteiger partial charge in [-0.15, -0.1) is 6.58 Å². The van der Waals surface area contributed by atoms with Gasteiger partial charge in [-0.3, -0.25) is 5.26 Å². The maximum absolute atomic E-state index is 11.7. The Kier molecular flexibility index (Phi) is 10.3. The number of rotatable bonds is 7. The lowest BCUT2D eigenvalue weighted by molar-refractivity contribution is -0.246. The first-order chi connectivity index (χ1) is 10.5. The average Bonchev–Trinajstić information content (AvgIpc) is 2.51. The van der Waals surface area contributed by atoms with Crippen molar-refractivity contribution in [3.63, 3.8) is 0 Å². The summed E-state index contributed by atoms with van der Waals surface area (Å²) in [6.07, 6.45) is 0.845. The number of aliphatic hydroxyl groups is 1. The van der Waals surface area contributed by atoms with Gasteiger partial charge in [0.2, 0.25) is 0 Å². The van der Waals surface area contributed by atoms with E-state index in [-0.39, 0.29) is 30.8 Å². The maximum Gasteiger partial charge on any atom is 0.339 e. The second-order valence-electron chi connectivity index (χ2n) is 4.13. The monoisotopic (exact) mass is 312 g/mol. The van der Waals surface area contributed by atoms with Crippen LogP contribution in [0.3, 0.4) is 0 Å². The number of carboxylic acid groups (broad SMARTS) is 1. The van der Waals surface area contributed by atoms with Crippen molar-refractivity contribution < 1.29 is 34.7 Å². The van der Waals surface area contributed by atoms with E-state index in [1.54, 1.807) is 6.08 Å². The predicted octanol–water partition coefficient (Wildman–Crippen LogP) is 1.97. The molecule has 0 saturated carbocycles. The average molecular weight is 312 g/mol. The Morgan fingerprint density at radius 1 is 1.32 bits per heavy atom. The van der Waals surface area contributed by atoms with Gasteiger partial charge in [0.1, 0.15) is 6.61 Å². The van der Waals surface area contributed by atoms with Crippen molar-refractivity contribution in [2.75, 3.05) is 13.2 Å². The summed E-state index contributed by atoms with van der Waals surface area (Å²) in [6, 6.07) is 5.62. The summed E-state index contributed by atoms with van der Waals surface area (Å²) in [5.41, 5.74) is -0.249. The van der Waals surface area contributed by atoms with Gasteiger partial charge < -0.3 is 14.9 Å². The fraction of sp³-hybridized carbons (Fsp3) is 0.333. The first-order valence-electron chi connectivity index (χ1n) is 6.48. The molecule has 0 saturated heterocycles. The molecule has 0 heterocycles. The third kappa shape index (κ3) is 7.53. The zero-order chi connectivity index (χ0) is 17.0. The highest BCUT2D eigenvalue weighted by Crippen LogP contribution is 2.10. The maximum atomic E-state index is 11.7. The van der Waals surface area contributed by atoms with Crippen molar-refractivity contribution in [3.05, 3.63) is 48.0 Å². The van der Waals surface area contributed by atoms with Crippen molar-refractivity contribution in [2.45, 2.75) is 19.4 Å². The van der Waals surface area contributed by atoms with Crippen molar-refractivity contribution in [3.8, 4) is 0 Å². The summed E-state index contributed by atoms with van der Waals surface area (Å²) in [5, 5.41) is 26.4. The van der Waals surface area contributed by atoms with Crippen LogP contribution >= 0.6 is 0 Å². The molecule has 3 N–H and O–H groups in total. The minimum Gasteiger partial charge on any atom is -0.478 e. The molecule has 0 aliphatic rings. The molecule has 0 spiro atoms. The van der Waals surface area contributed by atoms with Gasteiger partial charge in [-0.2, -0.15) is 0 Å². The molecular formula is C15H20O7. The molecule has 22 heavy (non-hydrogen) atoms. The fourth-order valence-corrected chi connectivity index (χ4v) is 1.37. The van der Waals surface area contributed by atoms with Crippen LogP contribution in [-0.4, -0.2) is 46.7 Å². The largest absolute Gasteiger partial charge is 0.478 e. The number of carbonyl (C=O) groups excluding carboxylic acids is 1. The van der Waals surface area contributed by atoms with Gasteiger partial charge in [0.05, 0.1) is 23.8 Å². The fourth-order valence-electron chi connectivity index (χ4n) is 1.37. The van der Waals surface area contributed by atoms with Crippen molar-refractivity contribution >= 4 is 11.9 Å². The van der Waals surface area contributed by atoms with E-state index in [2.05, 4.69) is 11.5 Å². The Balaban J connectivity index is 0.00000135. The molecule has 0 aliphatic carbocycles. The molecule has 0 radical (unpaired) electrons. The molecule has 0 fully saturated rings. The molecule has 1 aromatic carbocycles. The van der Waals surface area contributed by atoms with Gasteiger partial charge in [0, 0.05) is 6.42 Å². The molecular weight excluding hydrogens is 292 g/mol. The smallest absolute Gasteiger partial charge is 0.339 e. The molecule has 0 aliphatic heterocycles. The van der Waals surface area contributed by atoms with E-state index in [0.717, 1.165) is 0 Å². The normalized spacial score (nSPS) is 10.9. The molecule has 1 atom stereocenters. The van der Waals surface area contributed by atoms with Crippen molar-refractivity contribution in [1.82, 2.24) is 0 Å². The highest BCUT2D eigenvalue weighted by Gasteiger charge is 2.18. The Morgan fingerprint density at radius 3 is 2.36 bits per heavy atom. The van der Waals surface area contributed by atoms with Crippen molar-refractivity contribution in [1.29, 1.82) is 0 Å². The number of carbonyl (C=O) groups is 2. The van der Waals surface area contributed by atoms with Crippen LogP contribution in [0.15, 0.2) is 36.9 Å². The van der Waals surface area contributed by atoms with E-state index < -0.39 is 18.0 Å². The summed E-state index contributed by atoms with van der Waals surface area (Å²) in [5.74, 6) is -2.07. The molecule has 1 aromatic rings. The summed E-state index contributed by atoms with van der Waals surface area (Å²) in [4.78, 5) is 26.4. The summed E-state index contributed by atoms with van der Waals surface area (Å²) in [6.45, 7) is 4.85. The van der Waals surface area contributed by atoms with Crippen LogP contribution in [-0.2, 0) is 9.62 Å². The van der Waals surface area contributed by atoms with Crippen LogP contribution in [0.1, 0.15) is 34.1 Å². The number of allylic oxidation sites excluding steroid dienone is 1. The number of aromatic carboxylic acids is 1. The zero-order valence-electron chi connectivity index (χ0n) is 12.3. The standard InChI is InChI=1S/C12H14O7.C3H6/c13-8(5-6-19-17)7-18-12(16)10-4-2-1-3-9(10)11(14)15;1-3-2/h1-4,8,13,17H,5-7H2,(H,14,15);3H,1H2,2H3. The quantitative estimate of drug-likeness (QED) is 0.305. The number of esters is 1. The Labute approximate surface area is 128 Å². The number of hydrogen-bond acceptors (Lipinski definition) is 6. The van der Waals surface area contributed by atoms with Crippen LogP contribution in [0, 0.1) is 0 Å². The van der Waals surface area contributed by atoms with Gasteiger partial charge >= 0.3 is 11.9 Å². The topological polar surface area (TPSA) is 113 Å². The second kappa shape index (κ2) is 11.4. The minimum atomic E-state index is -1.23. The Hall–Kier alpha value is -2.22. The Morgan fingerprint density at radius 2 is 1.86 bits per heavy atom. The highest BCUT2D eigenvalue weighted by atomic mass is 17.1. The molecule has 0 amide bonds. The number of ether oxygens (including phenoxy) is 1. The van der Waals surface area contributed by atoms with Gasteiger partial charge in [0.15, 0.2) is 0 Å². The summed E-state index contributed by atoms with van der Waals surface area (Å²) < 4.78 is 4.79. The van der Waals surface area contributed by atoms with E-state index in [0.29, 0.717) is 0 Å². The van der Waals surface area contributed by atoms with E-state index in [9.17, 15) is 14.7 Å². The highest BCUT2D eigenvalue weighted by molar-refractivity contribution is 6.02. The van der Waals surface area contributed by atoms with Crippen LogP contribution in [0.4, 0.5) is 0 Å². The third-order valence-corrected chi connectivity index (χ3v) is 2.33. The first-order valence-corrected chi connectivity index (χ1v) is 6.48.